The van der Waals surface area contributed by atoms with Crippen LogP contribution >= 0.6 is 0 Å². The van der Waals surface area contributed by atoms with Gasteiger partial charge in [-0.3, -0.25) is 9.18 Å². The van der Waals surface area contributed by atoms with Gasteiger partial charge in [0.25, 0.3) is 0 Å². The molecule has 0 bridgehead atoms. The van der Waals surface area contributed by atoms with Gasteiger partial charge in [0.15, 0.2) is 0 Å². The first kappa shape index (κ1) is 38.7. The van der Waals surface area contributed by atoms with E-state index in [0.29, 0.717) is 43.1 Å². The summed E-state index contributed by atoms with van der Waals surface area (Å²) in [4.78, 5) is 12.7. The molecule has 5 heteroatoms. The van der Waals surface area contributed by atoms with Gasteiger partial charge in [-0.25, -0.2) is 0 Å². The van der Waals surface area contributed by atoms with Crippen LogP contribution in [0.5, 0.6) is 0 Å². The lowest BCUT2D eigenvalue weighted by molar-refractivity contribution is -0.121. The maximum atomic E-state index is 12.7. The Bertz CT molecular complexity index is 503. The highest BCUT2D eigenvalue weighted by Gasteiger charge is 2.32. The van der Waals surface area contributed by atoms with Crippen LogP contribution in [0.2, 0.25) is 0 Å². The van der Waals surface area contributed by atoms with Gasteiger partial charge in [-0.2, -0.15) is 0 Å². The fourth-order valence-corrected chi connectivity index (χ4v) is 5.31. The number of alkyl halides is 1. The fraction of sp³-hybridized carbons (Fsp3) is 0.900. The van der Waals surface area contributed by atoms with E-state index in [1.54, 1.807) is 7.11 Å². The van der Waals surface area contributed by atoms with Crippen LogP contribution in [0.15, 0.2) is 11.6 Å². The van der Waals surface area contributed by atoms with Crippen LogP contribution in [-0.2, 0) is 9.53 Å². The Morgan fingerprint density at radius 3 is 2.09 bits per heavy atom. The third kappa shape index (κ3) is 18.2. The van der Waals surface area contributed by atoms with Crippen LogP contribution in [0.3, 0.4) is 0 Å². The zero-order valence-electron chi connectivity index (χ0n) is 25.1. The van der Waals surface area contributed by atoms with Crippen LogP contribution in [0.25, 0.3) is 0 Å². The Morgan fingerprint density at radius 1 is 1.06 bits per heavy atom. The molecule has 1 rings (SSSR count). The lowest BCUT2D eigenvalue weighted by Crippen LogP contribution is -2.36. The average Bonchev–Trinajstić information content (AvgIpc) is 2.85. The van der Waals surface area contributed by atoms with Crippen molar-refractivity contribution in [3.63, 3.8) is 0 Å². The second kappa shape index (κ2) is 24.9. The Balaban J connectivity index is -0.00000158. The zero-order valence-corrected chi connectivity index (χ0v) is 25.1. The van der Waals surface area contributed by atoms with Crippen molar-refractivity contribution in [2.24, 2.45) is 29.6 Å². The summed E-state index contributed by atoms with van der Waals surface area (Å²) >= 11 is 0. The molecular formula is C30H61FO4. The number of hydrogen-bond acceptors (Lipinski definition) is 4. The first-order valence-corrected chi connectivity index (χ1v) is 13.9. The summed E-state index contributed by atoms with van der Waals surface area (Å²) in [5, 5.41) is 17.2. The molecule has 0 aromatic carbocycles. The largest absolute Gasteiger partial charge is 0.400 e. The molecule has 0 aromatic rings. The molecule has 1 fully saturated rings. The third-order valence-electron chi connectivity index (χ3n) is 6.76. The van der Waals surface area contributed by atoms with Crippen molar-refractivity contribution in [1.82, 2.24) is 0 Å². The van der Waals surface area contributed by atoms with E-state index in [1.807, 2.05) is 20.8 Å². The number of hydrogen-bond donors (Lipinski definition) is 2. The summed E-state index contributed by atoms with van der Waals surface area (Å²) in [7, 11) is 3.22. The highest BCUT2D eigenvalue weighted by molar-refractivity contribution is 5.82. The summed E-state index contributed by atoms with van der Waals surface area (Å²) in [5.41, 5.74) is 1.22. The summed E-state index contributed by atoms with van der Waals surface area (Å²) in [6, 6.07) is 0. The van der Waals surface area contributed by atoms with E-state index >= 15 is 0 Å². The minimum atomic E-state index is -0.316. The van der Waals surface area contributed by atoms with Crippen molar-refractivity contribution in [1.29, 1.82) is 0 Å². The fourth-order valence-electron chi connectivity index (χ4n) is 5.31. The van der Waals surface area contributed by atoms with Crippen LogP contribution in [0, 0.1) is 29.6 Å². The van der Waals surface area contributed by atoms with Crippen LogP contribution < -0.4 is 0 Å². The van der Waals surface area contributed by atoms with Crippen molar-refractivity contribution in [2.75, 3.05) is 21.4 Å². The molecule has 2 N–H and O–H groups in total. The number of ketones is 1. The number of allylic oxidation sites excluding steroid dienone is 2. The minimum absolute atomic E-state index is 0.0246. The molecule has 0 radical (unpaired) electrons. The topological polar surface area (TPSA) is 66.8 Å². The number of rotatable bonds is 13. The summed E-state index contributed by atoms with van der Waals surface area (Å²) < 4.78 is 15.0. The Morgan fingerprint density at radius 2 is 1.63 bits per heavy atom. The number of methoxy groups -OCH3 is 1. The maximum absolute atomic E-state index is 12.7. The van der Waals surface area contributed by atoms with E-state index in [-0.39, 0.29) is 18.1 Å². The molecule has 0 aliphatic heterocycles. The van der Waals surface area contributed by atoms with E-state index in [9.17, 15) is 14.3 Å². The first-order valence-electron chi connectivity index (χ1n) is 13.9. The lowest BCUT2D eigenvalue weighted by Gasteiger charge is -2.37. The molecule has 212 valence electrons. The second-order valence-corrected chi connectivity index (χ2v) is 10.2. The molecule has 0 aromatic heterocycles. The number of ether oxygens (including phenoxy) is 1. The molecule has 6 atom stereocenters. The summed E-state index contributed by atoms with van der Waals surface area (Å²) in [5.74, 6) is 2.99. The van der Waals surface area contributed by atoms with Crippen molar-refractivity contribution in [3.8, 4) is 0 Å². The molecule has 4 nitrogen and oxygen atoms in total. The molecule has 3 unspecified atom stereocenters. The molecule has 1 saturated carbocycles. The number of halogens is 1. The number of carbonyl (C=O) groups excluding carboxylic acids is 1. The number of Topliss-reactive ketones (excluding diaryl/α,β-unsaturated/α-hetero) is 1. The van der Waals surface area contributed by atoms with E-state index in [4.69, 9.17) is 9.84 Å². The van der Waals surface area contributed by atoms with E-state index in [1.165, 1.54) is 31.3 Å². The van der Waals surface area contributed by atoms with Gasteiger partial charge in [0, 0.05) is 26.6 Å². The second-order valence-electron chi connectivity index (χ2n) is 10.2. The normalized spacial score (nSPS) is 21.6. The predicted octanol–water partition coefficient (Wildman–Crippen LogP) is 7.80. The van der Waals surface area contributed by atoms with Gasteiger partial charge in [0.05, 0.1) is 19.4 Å². The molecular weight excluding hydrogens is 443 g/mol. The standard InChI is InChI=1S/C26H48O3.C2H6.CH3F.CH4O/c1-8-9-22(15-19(4)5)23(11-13-24(27)20(6)14-18(2)3)16-21-10-12-25(28)26(17-21)29-7;3*1-2/h14,19-23,25-26,28H,8-13,15-17H2,1-7H3;1-2H3;1H3;2H,1H3/t20-,21?,22+,23?,25-,26?;;;/m1.../s1. The van der Waals surface area contributed by atoms with E-state index in [2.05, 4.69) is 40.7 Å². The first-order chi connectivity index (χ1) is 16.7. The molecule has 35 heavy (non-hydrogen) atoms. The minimum Gasteiger partial charge on any atom is -0.400 e. The van der Waals surface area contributed by atoms with E-state index in [0.717, 1.165) is 32.8 Å². The van der Waals surface area contributed by atoms with Gasteiger partial charge in [-0.15, -0.1) is 0 Å². The van der Waals surface area contributed by atoms with Crippen LogP contribution in [-0.4, -0.2) is 49.6 Å². The Kier molecular flexibility index (Phi) is 27.6. The zero-order chi connectivity index (χ0) is 28.0. The van der Waals surface area contributed by atoms with Crippen molar-refractivity contribution >= 4 is 5.78 Å². The van der Waals surface area contributed by atoms with Crippen LogP contribution in [0.1, 0.15) is 113 Å². The van der Waals surface area contributed by atoms with E-state index < -0.39 is 0 Å². The highest BCUT2D eigenvalue weighted by Crippen LogP contribution is 2.38. The summed E-state index contributed by atoms with van der Waals surface area (Å²) in [6.07, 6.45) is 11.2. The third-order valence-corrected chi connectivity index (χ3v) is 6.76. The SMILES string of the molecule is CC.CCC[C@@H](CC(C)C)C(CCC(=O)[C@H](C)C=C(C)C)CC1CC[C@@H](O)C(OC)C1.CF.CO. The Hall–Kier alpha value is -0.780. The van der Waals surface area contributed by atoms with Gasteiger partial charge in [0.1, 0.15) is 5.78 Å². The van der Waals surface area contributed by atoms with Gasteiger partial charge >= 0.3 is 0 Å². The highest BCUT2D eigenvalue weighted by atomic mass is 19.1. The van der Waals surface area contributed by atoms with Crippen LogP contribution in [0.4, 0.5) is 4.39 Å². The van der Waals surface area contributed by atoms with Gasteiger partial charge in [0.2, 0.25) is 0 Å². The molecule has 1 aliphatic carbocycles. The maximum Gasteiger partial charge on any atom is 0.139 e. The van der Waals surface area contributed by atoms with Gasteiger partial charge in [-0.05, 0) is 76.0 Å². The average molecular weight is 505 g/mol. The molecule has 0 saturated heterocycles. The predicted molar refractivity (Wildman–Crippen MR) is 149 cm³/mol. The number of carbonyl (C=O) groups is 1. The lowest BCUT2D eigenvalue weighted by atomic mass is 9.72. The Labute approximate surface area is 218 Å². The summed E-state index contributed by atoms with van der Waals surface area (Å²) in [6.45, 7) is 17.1. The molecule has 0 spiro atoms. The smallest absolute Gasteiger partial charge is 0.139 e. The van der Waals surface area contributed by atoms with Crippen molar-refractivity contribution in [2.45, 2.75) is 125 Å². The molecule has 0 amide bonds. The number of aliphatic hydroxyl groups excluding tert-OH is 2. The monoisotopic (exact) mass is 504 g/mol. The van der Waals surface area contributed by atoms with Crippen molar-refractivity contribution < 1.29 is 24.1 Å². The van der Waals surface area contributed by atoms with Gasteiger partial charge < -0.3 is 14.9 Å². The van der Waals surface area contributed by atoms with Crippen molar-refractivity contribution in [3.05, 3.63) is 11.6 Å². The van der Waals surface area contributed by atoms with Gasteiger partial charge in [-0.1, -0.05) is 66.0 Å². The quantitative estimate of drug-likeness (QED) is 0.251. The number of aliphatic hydroxyl groups is 2. The molecule has 1 aliphatic rings. The molecule has 0 heterocycles.